The molecule has 0 aromatic heterocycles. The second kappa shape index (κ2) is 11.6. The van der Waals surface area contributed by atoms with Gasteiger partial charge in [-0.05, 0) is 79.2 Å². The first-order valence-corrected chi connectivity index (χ1v) is 12.7. The molecule has 3 aromatic rings. The molecule has 0 amide bonds. The van der Waals surface area contributed by atoms with Gasteiger partial charge in [-0.1, -0.05) is 74.8 Å². The number of unbranched alkanes of at least 4 members (excludes halogenated alkanes) is 4. The van der Waals surface area contributed by atoms with Crippen molar-refractivity contribution in [2.45, 2.75) is 77.0 Å². The van der Waals surface area contributed by atoms with E-state index in [9.17, 15) is 13.2 Å². The van der Waals surface area contributed by atoms with Crippen molar-refractivity contribution in [2.24, 2.45) is 5.92 Å². The normalized spacial score (nSPS) is 18.0. The summed E-state index contributed by atoms with van der Waals surface area (Å²) in [6.45, 7) is 2.21. The first-order valence-electron chi connectivity index (χ1n) is 12.7. The average Bonchev–Trinajstić information content (AvgIpc) is 2.86. The summed E-state index contributed by atoms with van der Waals surface area (Å²) in [5.41, 5.74) is 2.71. The highest BCUT2D eigenvalue weighted by atomic mass is 19.2. The van der Waals surface area contributed by atoms with Gasteiger partial charge in [0.25, 0.3) is 0 Å². The number of benzene rings is 3. The van der Waals surface area contributed by atoms with Crippen molar-refractivity contribution in [3.63, 3.8) is 0 Å². The molecule has 1 aliphatic rings. The van der Waals surface area contributed by atoms with Gasteiger partial charge in [0.2, 0.25) is 0 Å². The van der Waals surface area contributed by atoms with Crippen LogP contribution in [-0.2, 0) is 6.42 Å². The highest BCUT2D eigenvalue weighted by Gasteiger charge is 2.22. The van der Waals surface area contributed by atoms with Crippen molar-refractivity contribution in [1.29, 1.82) is 0 Å². The molecule has 34 heavy (non-hydrogen) atoms. The van der Waals surface area contributed by atoms with Gasteiger partial charge < -0.3 is 0 Å². The number of fused-ring (bicyclic) bond motifs is 1. The zero-order valence-electron chi connectivity index (χ0n) is 20.0. The van der Waals surface area contributed by atoms with Gasteiger partial charge in [-0.2, -0.15) is 0 Å². The smallest absolute Gasteiger partial charge is 0.166 e. The zero-order valence-corrected chi connectivity index (χ0v) is 20.0. The second-order valence-electron chi connectivity index (χ2n) is 9.64. The predicted octanol–water partition coefficient (Wildman–Crippen LogP) is 9.10. The monoisotopic (exact) mass is 462 g/mol. The SMILES string of the molecule is CCCCCCCc1ccc(C#CC2CCC(c3ccc4c(F)c(F)ccc4c3)CC2)c(F)c1. The molecule has 4 rings (SSSR count). The number of hydrogen-bond donors (Lipinski definition) is 0. The fourth-order valence-corrected chi connectivity index (χ4v) is 5.04. The second-order valence-corrected chi connectivity index (χ2v) is 9.64. The zero-order chi connectivity index (χ0) is 23.9. The highest BCUT2D eigenvalue weighted by molar-refractivity contribution is 5.84. The van der Waals surface area contributed by atoms with E-state index in [1.807, 2.05) is 24.3 Å². The molecule has 3 heteroatoms. The van der Waals surface area contributed by atoms with Gasteiger partial charge in [-0.15, -0.1) is 0 Å². The Morgan fingerprint density at radius 2 is 1.59 bits per heavy atom. The third-order valence-corrected chi connectivity index (χ3v) is 7.14. The third kappa shape index (κ3) is 6.03. The molecular weight excluding hydrogens is 429 g/mol. The average molecular weight is 463 g/mol. The Labute approximate surface area is 201 Å². The maximum absolute atomic E-state index is 14.5. The molecule has 1 fully saturated rings. The minimum Gasteiger partial charge on any atom is -0.206 e. The van der Waals surface area contributed by atoms with E-state index in [1.165, 1.54) is 37.3 Å². The van der Waals surface area contributed by atoms with E-state index in [0.29, 0.717) is 16.9 Å². The van der Waals surface area contributed by atoms with Gasteiger partial charge in [0.15, 0.2) is 11.6 Å². The maximum atomic E-state index is 14.5. The number of hydrogen-bond acceptors (Lipinski definition) is 0. The minimum absolute atomic E-state index is 0.216. The van der Waals surface area contributed by atoms with Crippen LogP contribution in [0.25, 0.3) is 10.8 Å². The van der Waals surface area contributed by atoms with Crippen LogP contribution in [0.15, 0.2) is 48.5 Å². The lowest BCUT2D eigenvalue weighted by Gasteiger charge is -2.26. The van der Waals surface area contributed by atoms with Gasteiger partial charge in [-0.25, -0.2) is 13.2 Å². The number of aryl methyl sites for hydroxylation is 1. The first-order chi connectivity index (χ1) is 16.5. The fraction of sp³-hybridized carbons (Fsp3) is 0.419. The molecule has 1 aliphatic carbocycles. The van der Waals surface area contributed by atoms with Crippen molar-refractivity contribution in [2.75, 3.05) is 0 Å². The Morgan fingerprint density at radius 3 is 2.35 bits per heavy atom. The third-order valence-electron chi connectivity index (χ3n) is 7.14. The van der Waals surface area contributed by atoms with E-state index in [2.05, 4.69) is 18.8 Å². The van der Waals surface area contributed by atoms with Crippen LogP contribution >= 0.6 is 0 Å². The summed E-state index contributed by atoms with van der Waals surface area (Å²) >= 11 is 0. The van der Waals surface area contributed by atoms with E-state index in [1.54, 1.807) is 18.2 Å². The highest BCUT2D eigenvalue weighted by Crippen LogP contribution is 2.37. The van der Waals surface area contributed by atoms with Crippen LogP contribution in [0, 0.1) is 35.2 Å². The Balaban J connectivity index is 1.32. The molecule has 0 N–H and O–H groups in total. The Kier molecular flexibility index (Phi) is 8.33. The fourth-order valence-electron chi connectivity index (χ4n) is 5.04. The molecule has 0 radical (unpaired) electrons. The Bertz CT molecular complexity index is 1180. The standard InChI is InChI=1S/C31H33F3/c1-2-3-4-5-6-7-23-11-15-25(30(33)20-23)14-10-22-8-12-24(13-9-22)26-16-18-28-27(21-26)17-19-29(32)31(28)34/h11,15-22,24H,2-9,12-13H2,1H3. The summed E-state index contributed by atoms with van der Waals surface area (Å²) in [4.78, 5) is 0. The lowest BCUT2D eigenvalue weighted by Crippen LogP contribution is -2.12. The van der Waals surface area contributed by atoms with Crippen molar-refractivity contribution in [1.82, 2.24) is 0 Å². The molecule has 0 heterocycles. The van der Waals surface area contributed by atoms with Crippen molar-refractivity contribution in [3.05, 3.63) is 82.7 Å². The molecule has 0 bridgehead atoms. The molecule has 1 saturated carbocycles. The molecule has 0 spiro atoms. The number of rotatable bonds is 7. The van der Waals surface area contributed by atoms with Crippen molar-refractivity contribution >= 4 is 10.8 Å². The molecule has 0 saturated heterocycles. The molecule has 0 unspecified atom stereocenters. The van der Waals surface area contributed by atoms with Crippen molar-refractivity contribution in [3.8, 4) is 11.8 Å². The quantitative estimate of drug-likeness (QED) is 0.243. The Morgan fingerprint density at radius 1 is 0.794 bits per heavy atom. The summed E-state index contributed by atoms with van der Waals surface area (Å²) in [5, 5.41) is 1.06. The predicted molar refractivity (Wildman–Crippen MR) is 134 cm³/mol. The van der Waals surface area contributed by atoms with Gasteiger partial charge in [0.05, 0.1) is 5.56 Å². The number of halogens is 3. The van der Waals surface area contributed by atoms with Gasteiger partial charge >= 0.3 is 0 Å². The van der Waals surface area contributed by atoms with Crippen LogP contribution in [-0.4, -0.2) is 0 Å². The molecule has 3 aromatic carbocycles. The van der Waals surface area contributed by atoms with Gasteiger partial charge in [0.1, 0.15) is 5.82 Å². The van der Waals surface area contributed by atoms with E-state index < -0.39 is 11.6 Å². The first kappa shape index (κ1) is 24.4. The van der Waals surface area contributed by atoms with Gasteiger partial charge in [0, 0.05) is 11.3 Å². The van der Waals surface area contributed by atoms with Crippen molar-refractivity contribution < 1.29 is 13.2 Å². The molecule has 0 aliphatic heterocycles. The Hall–Kier alpha value is -2.73. The summed E-state index contributed by atoms with van der Waals surface area (Å²) < 4.78 is 42.0. The lowest BCUT2D eigenvalue weighted by molar-refractivity contribution is 0.385. The molecular formula is C31H33F3. The summed E-state index contributed by atoms with van der Waals surface area (Å²) in [6.07, 6.45) is 10.9. The summed E-state index contributed by atoms with van der Waals surface area (Å²) in [7, 11) is 0. The largest absolute Gasteiger partial charge is 0.206 e. The molecule has 178 valence electrons. The van der Waals surface area contributed by atoms with E-state index in [4.69, 9.17) is 0 Å². The van der Waals surface area contributed by atoms with E-state index in [0.717, 1.165) is 49.5 Å². The van der Waals surface area contributed by atoms with Crippen LogP contribution in [0.5, 0.6) is 0 Å². The maximum Gasteiger partial charge on any atom is 0.166 e. The van der Waals surface area contributed by atoms with Crippen LogP contribution in [0.1, 0.15) is 87.3 Å². The van der Waals surface area contributed by atoms with Crippen LogP contribution < -0.4 is 0 Å². The van der Waals surface area contributed by atoms with E-state index in [-0.39, 0.29) is 11.7 Å². The summed E-state index contributed by atoms with van der Waals surface area (Å²) in [5.74, 6) is 5.23. The lowest BCUT2D eigenvalue weighted by atomic mass is 9.78. The topological polar surface area (TPSA) is 0 Å². The van der Waals surface area contributed by atoms with E-state index >= 15 is 0 Å². The van der Waals surface area contributed by atoms with Crippen LogP contribution in [0.3, 0.4) is 0 Å². The molecule has 0 atom stereocenters. The molecule has 0 nitrogen and oxygen atoms in total. The van der Waals surface area contributed by atoms with Gasteiger partial charge in [-0.3, -0.25) is 0 Å². The van der Waals surface area contributed by atoms with Crippen LogP contribution in [0.2, 0.25) is 0 Å². The summed E-state index contributed by atoms with van der Waals surface area (Å²) in [6, 6.07) is 13.9. The minimum atomic E-state index is -0.812. The van der Waals surface area contributed by atoms with Crippen LogP contribution in [0.4, 0.5) is 13.2 Å².